The topological polar surface area (TPSA) is 50.9 Å². The van der Waals surface area contributed by atoms with Crippen LogP contribution in [0.4, 0.5) is 5.82 Å². The Hall–Kier alpha value is -0.450. The summed E-state index contributed by atoms with van der Waals surface area (Å²) in [5.41, 5.74) is 6.87. The zero-order valence-electron chi connectivity index (χ0n) is 9.66. The Kier molecular flexibility index (Phi) is 5.95. The van der Waals surface area contributed by atoms with Crippen molar-refractivity contribution in [3.63, 3.8) is 0 Å². The first-order valence-corrected chi connectivity index (χ1v) is 6.94. The third-order valence-electron chi connectivity index (χ3n) is 2.23. The van der Waals surface area contributed by atoms with Gasteiger partial charge in [-0.2, -0.15) is 11.8 Å². The van der Waals surface area contributed by atoms with Crippen molar-refractivity contribution in [1.82, 2.24) is 10.3 Å². The highest BCUT2D eigenvalue weighted by Gasteiger charge is 2.14. The number of anilines is 1. The fourth-order valence-electron chi connectivity index (χ4n) is 1.49. The summed E-state index contributed by atoms with van der Waals surface area (Å²) in [6.45, 7) is 5.13. The second kappa shape index (κ2) is 6.99. The lowest BCUT2D eigenvalue weighted by Gasteiger charge is -2.19. The van der Waals surface area contributed by atoms with Crippen molar-refractivity contribution in [2.45, 2.75) is 19.9 Å². The second-order valence-electron chi connectivity index (χ2n) is 3.40. The largest absolute Gasteiger partial charge is 0.383 e. The third-order valence-corrected chi connectivity index (χ3v) is 3.41. The number of thioether (sulfide) groups is 1. The third kappa shape index (κ3) is 3.85. The molecule has 0 saturated heterocycles. The van der Waals surface area contributed by atoms with E-state index in [1.807, 2.05) is 17.8 Å². The molecule has 0 amide bonds. The smallest absolute Gasteiger partial charge is 0.128 e. The fraction of sp³-hybridized carbons (Fsp3) is 0.545. The predicted octanol–water partition coefficient (Wildman–Crippen LogP) is 2.72. The van der Waals surface area contributed by atoms with Gasteiger partial charge in [0.15, 0.2) is 0 Å². The monoisotopic (exact) mass is 259 g/mol. The summed E-state index contributed by atoms with van der Waals surface area (Å²) in [4.78, 5) is 4.09. The van der Waals surface area contributed by atoms with Crippen LogP contribution in [0.2, 0.25) is 5.02 Å². The standard InChI is InChI=1S/C11H18ClN3S/c1-3-14-10(7-16-4-2)9-5-8(12)6-15-11(9)13/h5-6,10,14H,3-4,7H2,1-2H3,(H2,13,15). The minimum atomic E-state index is 0.223. The van der Waals surface area contributed by atoms with E-state index in [0.29, 0.717) is 10.8 Å². The van der Waals surface area contributed by atoms with Crippen LogP contribution in [-0.2, 0) is 0 Å². The lowest BCUT2D eigenvalue weighted by molar-refractivity contribution is 0.606. The number of nitrogens with zero attached hydrogens (tertiary/aromatic N) is 1. The molecule has 0 aliphatic rings. The number of nitrogens with one attached hydrogen (secondary N) is 1. The summed E-state index contributed by atoms with van der Waals surface area (Å²) in [5, 5.41) is 4.04. The Balaban J connectivity index is 2.85. The SMILES string of the molecule is CCNC(CSCC)c1cc(Cl)cnc1N. The van der Waals surface area contributed by atoms with Gasteiger partial charge in [0.1, 0.15) is 5.82 Å². The van der Waals surface area contributed by atoms with Crippen molar-refractivity contribution in [1.29, 1.82) is 0 Å². The quantitative estimate of drug-likeness (QED) is 0.825. The van der Waals surface area contributed by atoms with E-state index in [0.717, 1.165) is 23.6 Å². The maximum Gasteiger partial charge on any atom is 0.128 e. The molecule has 1 aromatic rings. The summed E-state index contributed by atoms with van der Waals surface area (Å²) < 4.78 is 0. The van der Waals surface area contributed by atoms with Crippen molar-refractivity contribution >= 4 is 29.2 Å². The van der Waals surface area contributed by atoms with Gasteiger partial charge < -0.3 is 11.1 Å². The molecule has 1 unspecified atom stereocenters. The molecule has 0 fully saturated rings. The molecule has 0 aromatic carbocycles. The number of hydrogen-bond acceptors (Lipinski definition) is 4. The van der Waals surface area contributed by atoms with Crippen LogP contribution in [-0.4, -0.2) is 23.0 Å². The van der Waals surface area contributed by atoms with Gasteiger partial charge in [-0.05, 0) is 18.4 Å². The van der Waals surface area contributed by atoms with Crippen molar-refractivity contribution in [2.75, 3.05) is 23.8 Å². The van der Waals surface area contributed by atoms with Gasteiger partial charge in [-0.3, -0.25) is 0 Å². The fourth-order valence-corrected chi connectivity index (χ4v) is 2.42. The molecule has 0 spiro atoms. The van der Waals surface area contributed by atoms with E-state index in [4.69, 9.17) is 17.3 Å². The highest BCUT2D eigenvalue weighted by atomic mass is 35.5. The zero-order valence-corrected chi connectivity index (χ0v) is 11.2. The number of pyridine rings is 1. The van der Waals surface area contributed by atoms with Gasteiger partial charge in [-0.15, -0.1) is 0 Å². The normalized spacial score (nSPS) is 12.7. The molecule has 1 heterocycles. The number of nitrogen functional groups attached to an aromatic ring is 1. The van der Waals surface area contributed by atoms with Crippen LogP contribution < -0.4 is 11.1 Å². The maximum atomic E-state index is 5.94. The molecule has 1 rings (SSSR count). The van der Waals surface area contributed by atoms with Crippen LogP contribution in [0.15, 0.2) is 12.3 Å². The van der Waals surface area contributed by atoms with Crippen LogP contribution in [0.25, 0.3) is 0 Å². The summed E-state index contributed by atoms with van der Waals surface area (Å²) in [6, 6.07) is 2.12. The van der Waals surface area contributed by atoms with E-state index in [9.17, 15) is 0 Å². The Morgan fingerprint density at radius 3 is 2.94 bits per heavy atom. The average Bonchev–Trinajstić information content (AvgIpc) is 2.28. The number of nitrogens with two attached hydrogens (primary N) is 1. The van der Waals surface area contributed by atoms with E-state index < -0.39 is 0 Å². The van der Waals surface area contributed by atoms with Crippen molar-refractivity contribution < 1.29 is 0 Å². The van der Waals surface area contributed by atoms with Gasteiger partial charge in [0, 0.05) is 23.6 Å². The van der Waals surface area contributed by atoms with E-state index in [2.05, 4.69) is 24.1 Å². The van der Waals surface area contributed by atoms with Crippen molar-refractivity contribution in [3.05, 3.63) is 22.8 Å². The van der Waals surface area contributed by atoms with Crippen LogP contribution in [0.3, 0.4) is 0 Å². The van der Waals surface area contributed by atoms with E-state index in [-0.39, 0.29) is 6.04 Å². The van der Waals surface area contributed by atoms with Gasteiger partial charge in [0.25, 0.3) is 0 Å². The molecule has 3 nitrogen and oxygen atoms in total. The Morgan fingerprint density at radius 1 is 1.56 bits per heavy atom. The molecular weight excluding hydrogens is 242 g/mol. The van der Waals surface area contributed by atoms with Gasteiger partial charge in [0.05, 0.1) is 5.02 Å². The number of rotatable bonds is 6. The number of halogens is 1. The average molecular weight is 260 g/mol. The molecule has 0 aliphatic carbocycles. The molecule has 16 heavy (non-hydrogen) atoms. The Bertz CT molecular complexity index is 333. The minimum Gasteiger partial charge on any atom is -0.383 e. The summed E-state index contributed by atoms with van der Waals surface area (Å²) in [7, 11) is 0. The highest BCUT2D eigenvalue weighted by Crippen LogP contribution is 2.24. The number of hydrogen-bond donors (Lipinski definition) is 2. The first-order chi connectivity index (χ1) is 7.69. The first kappa shape index (κ1) is 13.6. The summed E-state index contributed by atoms with van der Waals surface area (Å²) in [5.74, 6) is 2.64. The van der Waals surface area contributed by atoms with E-state index in [1.165, 1.54) is 0 Å². The van der Waals surface area contributed by atoms with Crippen LogP contribution in [0, 0.1) is 0 Å². The highest BCUT2D eigenvalue weighted by molar-refractivity contribution is 7.99. The molecule has 1 atom stereocenters. The van der Waals surface area contributed by atoms with Crippen LogP contribution in [0.5, 0.6) is 0 Å². The molecule has 3 N–H and O–H groups in total. The van der Waals surface area contributed by atoms with Crippen molar-refractivity contribution in [2.24, 2.45) is 0 Å². The second-order valence-corrected chi connectivity index (χ2v) is 5.15. The van der Waals surface area contributed by atoms with Crippen LogP contribution >= 0.6 is 23.4 Å². The molecule has 1 aromatic heterocycles. The van der Waals surface area contributed by atoms with Crippen molar-refractivity contribution in [3.8, 4) is 0 Å². The first-order valence-electron chi connectivity index (χ1n) is 5.41. The lowest BCUT2D eigenvalue weighted by Crippen LogP contribution is -2.24. The Labute approximate surface area is 106 Å². The molecule has 90 valence electrons. The molecule has 0 aliphatic heterocycles. The molecule has 0 radical (unpaired) electrons. The predicted molar refractivity (Wildman–Crippen MR) is 73.1 cm³/mol. The van der Waals surface area contributed by atoms with E-state index in [1.54, 1.807) is 6.20 Å². The molecular formula is C11H18ClN3S. The minimum absolute atomic E-state index is 0.223. The molecule has 0 bridgehead atoms. The van der Waals surface area contributed by atoms with Gasteiger partial charge in [0.2, 0.25) is 0 Å². The molecule has 5 heteroatoms. The Morgan fingerprint density at radius 2 is 2.31 bits per heavy atom. The maximum absolute atomic E-state index is 5.94. The summed E-state index contributed by atoms with van der Waals surface area (Å²) >= 11 is 7.82. The van der Waals surface area contributed by atoms with Crippen LogP contribution in [0.1, 0.15) is 25.5 Å². The zero-order chi connectivity index (χ0) is 12.0. The number of aromatic nitrogens is 1. The lowest BCUT2D eigenvalue weighted by atomic mass is 10.1. The van der Waals surface area contributed by atoms with Gasteiger partial charge >= 0.3 is 0 Å². The van der Waals surface area contributed by atoms with Gasteiger partial charge in [-0.1, -0.05) is 25.4 Å². The van der Waals surface area contributed by atoms with Gasteiger partial charge in [-0.25, -0.2) is 4.98 Å². The summed E-state index contributed by atoms with van der Waals surface area (Å²) in [6.07, 6.45) is 1.58. The van der Waals surface area contributed by atoms with E-state index >= 15 is 0 Å². The molecule has 0 saturated carbocycles.